The Kier molecular flexibility index (Phi) is 5.54. The molecule has 3 aromatic rings. The summed E-state index contributed by atoms with van der Waals surface area (Å²) in [6.45, 7) is 1.86. The van der Waals surface area contributed by atoms with E-state index < -0.39 is 5.72 Å². The minimum atomic E-state index is -0.938. The van der Waals surface area contributed by atoms with E-state index in [4.69, 9.17) is 32.7 Å². The Hall–Kier alpha value is -3.42. The van der Waals surface area contributed by atoms with E-state index in [1.54, 1.807) is 53.4 Å². The molecule has 1 fully saturated rings. The molecule has 0 aliphatic carbocycles. The van der Waals surface area contributed by atoms with Crippen LogP contribution in [0.1, 0.15) is 35.3 Å². The summed E-state index contributed by atoms with van der Waals surface area (Å²) >= 11 is 12.3. The summed E-state index contributed by atoms with van der Waals surface area (Å²) in [5.74, 6) is 0.840. The van der Waals surface area contributed by atoms with E-state index >= 15 is 0 Å². The fourth-order valence-corrected chi connectivity index (χ4v) is 4.91. The number of ether oxygens (including phenoxy) is 2. The molecule has 0 aromatic heterocycles. The first-order chi connectivity index (χ1) is 16.3. The number of rotatable bonds is 4. The normalized spacial score (nSPS) is 20.6. The smallest absolute Gasteiger partial charge is 0.325 e. The molecule has 2 atom stereocenters. The molecule has 174 valence electrons. The number of halogens is 2. The number of benzene rings is 3. The fourth-order valence-electron chi connectivity index (χ4n) is 4.47. The standard InChI is InChI=1S/C25H21Cl2N3O4/c1-25-13-20(18-11-15(26)6-8-21(18)34-25)29-24(32)30(25)17-5-3-4-14(10-17)23(31)28-16-7-9-22(33-2)19(27)12-16/h3-12,20H,13H2,1-2H3,(H,28,31)(H,29,32)/t20-,25+/m0/s1. The summed E-state index contributed by atoms with van der Waals surface area (Å²) in [5, 5.41) is 6.82. The van der Waals surface area contributed by atoms with E-state index in [-0.39, 0.29) is 18.0 Å². The van der Waals surface area contributed by atoms with Crippen LogP contribution in [-0.4, -0.2) is 24.8 Å². The Morgan fingerprint density at radius 1 is 1.18 bits per heavy atom. The summed E-state index contributed by atoms with van der Waals surface area (Å²) in [7, 11) is 1.52. The highest BCUT2D eigenvalue weighted by atomic mass is 35.5. The van der Waals surface area contributed by atoms with Crippen LogP contribution in [0.2, 0.25) is 10.0 Å². The Bertz CT molecular complexity index is 1320. The average molecular weight is 498 g/mol. The molecule has 5 rings (SSSR count). The van der Waals surface area contributed by atoms with Gasteiger partial charge in [0.25, 0.3) is 5.91 Å². The predicted molar refractivity (Wildman–Crippen MR) is 131 cm³/mol. The topological polar surface area (TPSA) is 79.9 Å². The van der Waals surface area contributed by atoms with Gasteiger partial charge >= 0.3 is 6.03 Å². The van der Waals surface area contributed by atoms with Gasteiger partial charge in [0.05, 0.1) is 23.9 Å². The van der Waals surface area contributed by atoms with Gasteiger partial charge in [-0.2, -0.15) is 0 Å². The molecule has 2 bridgehead atoms. The van der Waals surface area contributed by atoms with Crippen LogP contribution in [0.5, 0.6) is 11.5 Å². The van der Waals surface area contributed by atoms with Gasteiger partial charge in [-0.25, -0.2) is 4.79 Å². The van der Waals surface area contributed by atoms with Gasteiger partial charge in [0, 0.05) is 28.3 Å². The second-order valence-electron chi connectivity index (χ2n) is 8.35. The fraction of sp³-hybridized carbons (Fsp3) is 0.200. The van der Waals surface area contributed by atoms with E-state index in [0.29, 0.717) is 44.9 Å². The lowest BCUT2D eigenvalue weighted by Crippen LogP contribution is -2.65. The second kappa shape index (κ2) is 8.42. The van der Waals surface area contributed by atoms with Gasteiger partial charge in [0.2, 0.25) is 0 Å². The highest BCUT2D eigenvalue weighted by molar-refractivity contribution is 6.32. The van der Waals surface area contributed by atoms with Gasteiger partial charge in [0.15, 0.2) is 5.72 Å². The van der Waals surface area contributed by atoms with Crippen molar-refractivity contribution in [2.75, 3.05) is 17.3 Å². The molecule has 2 aliphatic rings. The third-order valence-corrected chi connectivity index (χ3v) is 6.54. The lowest BCUT2D eigenvalue weighted by molar-refractivity contribution is 0.0378. The van der Waals surface area contributed by atoms with Crippen molar-refractivity contribution < 1.29 is 19.1 Å². The molecule has 34 heavy (non-hydrogen) atoms. The van der Waals surface area contributed by atoms with Crippen LogP contribution >= 0.6 is 23.2 Å². The Morgan fingerprint density at radius 3 is 2.76 bits per heavy atom. The number of nitrogens with zero attached hydrogens (tertiary/aromatic N) is 1. The van der Waals surface area contributed by atoms with E-state index in [9.17, 15) is 9.59 Å². The van der Waals surface area contributed by atoms with Gasteiger partial charge in [-0.15, -0.1) is 0 Å². The SMILES string of the molecule is COc1ccc(NC(=O)c2cccc(N3C(=O)N[C@H]4C[C@@]3(C)Oc3ccc(Cl)cc34)c2)cc1Cl. The summed E-state index contributed by atoms with van der Waals surface area (Å²) in [6.07, 6.45) is 0.521. The number of fused-ring (bicyclic) bond motifs is 4. The number of hydrogen-bond acceptors (Lipinski definition) is 4. The minimum absolute atomic E-state index is 0.220. The van der Waals surface area contributed by atoms with Gasteiger partial charge in [-0.3, -0.25) is 9.69 Å². The molecule has 3 amide bonds. The molecule has 1 saturated heterocycles. The van der Waals surface area contributed by atoms with Crippen LogP contribution in [0, 0.1) is 0 Å². The van der Waals surface area contributed by atoms with Crippen molar-refractivity contribution in [3.05, 3.63) is 81.8 Å². The van der Waals surface area contributed by atoms with Crippen LogP contribution in [-0.2, 0) is 0 Å². The number of amides is 3. The molecule has 2 aliphatic heterocycles. The summed E-state index contributed by atoms with van der Waals surface area (Å²) in [4.78, 5) is 27.6. The van der Waals surface area contributed by atoms with Crippen LogP contribution in [0.4, 0.5) is 16.2 Å². The number of nitrogens with one attached hydrogen (secondary N) is 2. The average Bonchev–Trinajstić information content (AvgIpc) is 2.79. The van der Waals surface area contributed by atoms with Crippen LogP contribution in [0.15, 0.2) is 60.7 Å². The molecule has 0 radical (unpaired) electrons. The number of anilines is 2. The zero-order valence-corrected chi connectivity index (χ0v) is 19.9. The second-order valence-corrected chi connectivity index (χ2v) is 9.20. The first kappa shape index (κ1) is 22.4. The largest absolute Gasteiger partial charge is 0.495 e. The lowest BCUT2D eigenvalue weighted by atomic mass is 9.90. The first-order valence-corrected chi connectivity index (χ1v) is 11.4. The van der Waals surface area contributed by atoms with Crippen molar-refractivity contribution in [1.82, 2.24) is 5.32 Å². The van der Waals surface area contributed by atoms with Crippen molar-refractivity contribution in [2.45, 2.75) is 25.1 Å². The lowest BCUT2D eigenvalue weighted by Gasteiger charge is -2.50. The maximum absolute atomic E-state index is 13.2. The van der Waals surface area contributed by atoms with Gasteiger partial charge < -0.3 is 20.1 Å². The third-order valence-electron chi connectivity index (χ3n) is 6.01. The summed E-state index contributed by atoms with van der Waals surface area (Å²) in [5.41, 5.74) is 1.36. The molecule has 2 heterocycles. The molecule has 0 unspecified atom stereocenters. The number of methoxy groups -OCH3 is 1. The van der Waals surface area contributed by atoms with Crippen LogP contribution < -0.4 is 25.0 Å². The molecule has 2 N–H and O–H groups in total. The number of carbonyl (C=O) groups excluding carboxylic acids is 2. The quantitative estimate of drug-likeness (QED) is 0.461. The molecular formula is C25H21Cl2N3O4. The van der Waals surface area contributed by atoms with Crippen molar-refractivity contribution in [2.24, 2.45) is 0 Å². The van der Waals surface area contributed by atoms with E-state index in [1.165, 1.54) is 7.11 Å². The summed E-state index contributed by atoms with van der Waals surface area (Å²) < 4.78 is 11.4. The van der Waals surface area contributed by atoms with E-state index in [0.717, 1.165) is 5.56 Å². The Labute approximate surface area is 206 Å². The highest BCUT2D eigenvalue weighted by Gasteiger charge is 2.50. The number of hydrogen-bond donors (Lipinski definition) is 2. The first-order valence-electron chi connectivity index (χ1n) is 10.6. The van der Waals surface area contributed by atoms with E-state index in [1.807, 2.05) is 19.1 Å². The maximum Gasteiger partial charge on any atom is 0.325 e. The maximum atomic E-state index is 13.2. The molecule has 0 spiro atoms. The number of carbonyl (C=O) groups is 2. The van der Waals surface area contributed by atoms with Crippen molar-refractivity contribution >= 4 is 46.5 Å². The Morgan fingerprint density at radius 2 is 2.00 bits per heavy atom. The molecule has 7 nitrogen and oxygen atoms in total. The van der Waals surface area contributed by atoms with Crippen molar-refractivity contribution in [3.63, 3.8) is 0 Å². The third kappa shape index (κ3) is 3.91. The van der Waals surface area contributed by atoms with Gasteiger partial charge in [0.1, 0.15) is 11.5 Å². The number of urea groups is 1. The van der Waals surface area contributed by atoms with E-state index in [2.05, 4.69) is 10.6 Å². The predicted octanol–water partition coefficient (Wildman–Crippen LogP) is 6.02. The van der Waals surface area contributed by atoms with Gasteiger partial charge in [-0.1, -0.05) is 29.3 Å². The monoisotopic (exact) mass is 497 g/mol. The zero-order chi connectivity index (χ0) is 24.0. The molecule has 0 saturated carbocycles. The molecular weight excluding hydrogens is 477 g/mol. The van der Waals surface area contributed by atoms with Crippen molar-refractivity contribution in [3.8, 4) is 11.5 Å². The summed E-state index contributed by atoms with van der Waals surface area (Å²) in [6, 6.07) is 16.7. The minimum Gasteiger partial charge on any atom is -0.495 e. The highest BCUT2D eigenvalue weighted by Crippen LogP contribution is 2.46. The van der Waals surface area contributed by atoms with Crippen LogP contribution in [0.3, 0.4) is 0 Å². The Balaban J connectivity index is 1.43. The van der Waals surface area contributed by atoms with Crippen molar-refractivity contribution in [1.29, 1.82) is 0 Å². The molecule has 9 heteroatoms. The van der Waals surface area contributed by atoms with Crippen LogP contribution in [0.25, 0.3) is 0 Å². The van der Waals surface area contributed by atoms with Gasteiger partial charge in [-0.05, 0) is 61.5 Å². The molecule has 3 aromatic carbocycles. The zero-order valence-electron chi connectivity index (χ0n) is 18.4.